The first kappa shape index (κ1) is 17.5. The largest absolute Gasteiger partial charge is 0.339 e. The second-order valence-electron chi connectivity index (χ2n) is 5.97. The summed E-state index contributed by atoms with van der Waals surface area (Å²) in [5, 5.41) is 0. The molecular formula is C18H27N3O2. The number of hydrogen-bond acceptors (Lipinski definition) is 3. The zero-order valence-corrected chi connectivity index (χ0v) is 14.0. The van der Waals surface area contributed by atoms with Gasteiger partial charge in [0.1, 0.15) is 0 Å². The standard InChI is InChI=1S/C18H27N3O2/c1-2-15-6-8-16(9-7-15)18(23)21-13-11-20(12-14-21)17(22)5-3-4-10-19/h6-9H,2-5,10-14,19H2,1H3. The molecule has 0 bridgehead atoms. The Hall–Kier alpha value is -1.88. The molecule has 1 aromatic carbocycles. The van der Waals surface area contributed by atoms with E-state index in [1.54, 1.807) is 0 Å². The van der Waals surface area contributed by atoms with Gasteiger partial charge in [-0.2, -0.15) is 0 Å². The molecule has 126 valence electrons. The smallest absolute Gasteiger partial charge is 0.253 e. The SMILES string of the molecule is CCc1ccc(C(=O)N2CCN(C(=O)CCCCN)CC2)cc1. The molecule has 0 saturated carbocycles. The van der Waals surface area contributed by atoms with Crippen molar-refractivity contribution in [3.63, 3.8) is 0 Å². The number of hydrogen-bond donors (Lipinski definition) is 1. The third kappa shape index (κ3) is 4.79. The predicted octanol–water partition coefficient (Wildman–Crippen LogP) is 1.66. The molecule has 1 aliphatic rings. The summed E-state index contributed by atoms with van der Waals surface area (Å²) in [6, 6.07) is 7.80. The number of nitrogens with two attached hydrogens (primary N) is 1. The first-order chi connectivity index (χ1) is 11.2. The van der Waals surface area contributed by atoms with Gasteiger partial charge in [0, 0.05) is 38.2 Å². The van der Waals surface area contributed by atoms with Gasteiger partial charge in [-0.15, -0.1) is 0 Å². The number of piperazine rings is 1. The van der Waals surface area contributed by atoms with Crippen LogP contribution in [-0.4, -0.2) is 54.3 Å². The van der Waals surface area contributed by atoms with E-state index in [2.05, 4.69) is 6.92 Å². The fourth-order valence-corrected chi connectivity index (χ4v) is 2.80. The average Bonchev–Trinajstić information content (AvgIpc) is 2.61. The van der Waals surface area contributed by atoms with Crippen molar-refractivity contribution in [1.29, 1.82) is 0 Å². The van der Waals surface area contributed by atoms with Gasteiger partial charge >= 0.3 is 0 Å². The lowest BCUT2D eigenvalue weighted by Crippen LogP contribution is -2.50. The van der Waals surface area contributed by atoms with Crippen molar-refractivity contribution in [3.05, 3.63) is 35.4 Å². The van der Waals surface area contributed by atoms with Crippen molar-refractivity contribution in [2.24, 2.45) is 5.73 Å². The van der Waals surface area contributed by atoms with Crippen LogP contribution in [0.4, 0.5) is 0 Å². The van der Waals surface area contributed by atoms with E-state index in [0.29, 0.717) is 39.1 Å². The van der Waals surface area contributed by atoms with Crippen molar-refractivity contribution in [2.75, 3.05) is 32.7 Å². The summed E-state index contributed by atoms with van der Waals surface area (Å²) in [5.41, 5.74) is 7.41. The van der Waals surface area contributed by atoms with Crippen LogP contribution in [-0.2, 0) is 11.2 Å². The fourth-order valence-electron chi connectivity index (χ4n) is 2.80. The second-order valence-corrected chi connectivity index (χ2v) is 5.97. The number of unbranched alkanes of at least 4 members (excludes halogenated alkanes) is 1. The third-order valence-corrected chi connectivity index (χ3v) is 4.37. The summed E-state index contributed by atoms with van der Waals surface area (Å²) < 4.78 is 0. The van der Waals surface area contributed by atoms with Crippen LogP contribution in [0.5, 0.6) is 0 Å². The number of carbonyl (C=O) groups excluding carboxylic acids is 2. The molecule has 1 fully saturated rings. The third-order valence-electron chi connectivity index (χ3n) is 4.37. The lowest BCUT2D eigenvalue weighted by atomic mass is 10.1. The Labute approximate surface area is 138 Å². The minimum atomic E-state index is 0.0582. The molecule has 1 aliphatic heterocycles. The first-order valence-electron chi connectivity index (χ1n) is 8.51. The molecular weight excluding hydrogens is 290 g/mol. The van der Waals surface area contributed by atoms with Gasteiger partial charge in [0.2, 0.25) is 5.91 Å². The topological polar surface area (TPSA) is 66.6 Å². The Morgan fingerprint density at radius 3 is 2.17 bits per heavy atom. The van der Waals surface area contributed by atoms with E-state index in [0.717, 1.165) is 24.8 Å². The molecule has 5 nitrogen and oxygen atoms in total. The van der Waals surface area contributed by atoms with Gasteiger partial charge in [0.15, 0.2) is 0 Å². The van der Waals surface area contributed by atoms with Crippen LogP contribution >= 0.6 is 0 Å². The Balaban J connectivity index is 1.83. The van der Waals surface area contributed by atoms with Crippen molar-refractivity contribution in [3.8, 4) is 0 Å². The Bertz CT molecular complexity index is 520. The summed E-state index contributed by atoms with van der Waals surface area (Å²) in [6.45, 7) is 5.20. The molecule has 0 unspecified atom stereocenters. The van der Waals surface area contributed by atoms with Gasteiger partial charge < -0.3 is 15.5 Å². The summed E-state index contributed by atoms with van der Waals surface area (Å²) in [7, 11) is 0. The molecule has 2 N–H and O–H groups in total. The van der Waals surface area contributed by atoms with Gasteiger partial charge in [-0.3, -0.25) is 9.59 Å². The molecule has 0 spiro atoms. The number of nitrogens with zero attached hydrogens (tertiary/aromatic N) is 2. The van der Waals surface area contributed by atoms with Crippen molar-refractivity contribution in [2.45, 2.75) is 32.6 Å². The van der Waals surface area contributed by atoms with Crippen LogP contribution in [0.3, 0.4) is 0 Å². The lowest BCUT2D eigenvalue weighted by Gasteiger charge is -2.35. The molecule has 5 heteroatoms. The molecule has 1 heterocycles. The molecule has 2 rings (SSSR count). The summed E-state index contributed by atoms with van der Waals surface area (Å²) in [5.74, 6) is 0.237. The average molecular weight is 317 g/mol. The van der Waals surface area contributed by atoms with Crippen LogP contribution in [0.25, 0.3) is 0 Å². The van der Waals surface area contributed by atoms with Crippen molar-refractivity contribution < 1.29 is 9.59 Å². The highest BCUT2D eigenvalue weighted by molar-refractivity contribution is 5.94. The maximum absolute atomic E-state index is 12.5. The zero-order valence-electron chi connectivity index (χ0n) is 14.0. The predicted molar refractivity (Wildman–Crippen MR) is 91.2 cm³/mol. The zero-order chi connectivity index (χ0) is 16.7. The second kappa shape index (κ2) is 8.67. The van der Waals surface area contributed by atoms with E-state index in [-0.39, 0.29) is 11.8 Å². The number of carbonyl (C=O) groups is 2. The number of rotatable bonds is 6. The maximum atomic E-state index is 12.5. The Kier molecular flexibility index (Phi) is 6.59. The molecule has 1 aromatic rings. The Morgan fingerprint density at radius 2 is 1.61 bits per heavy atom. The van der Waals surface area contributed by atoms with E-state index in [9.17, 15) is 9.59 Å². The van der Waals surface area contributed by atoms with E-state index in [4.69, 9.17) is 5.73 Å². The molecule has 2 amide bonds. The van der Waals surface area contributed by atoms with Crippen LogP contribution in [0, 0.1) is 0 Å². The Morgan fingerprint density at radius 1 is 1.00 bits per heavy atom. The van der Waals surface area contributed by atoms with Crippen LogP contribution in [0.15, 0.2) is 24.3 Å². The maximum Gasteiger partial charge on any atom is 0.253 e. The monoisotopic (exact) mass is 317 g/mol. The van der Waals surface area contributed by atoms with E-state index >= 15 is 0 Å². The van der Waals surface area contributed by atoms with E-state index in [1.807, 2.05) is 34.1 Å². The summed E-state index contributed by atoms with van der Waals surface area (Å²) in [4.78, 5) is 28.3. The normalized spacial score (nSPS) is 14.9. The number of aryl methyl sites for hydroxylation is 1. The van der Waals surface area contributed by atoms with E-state index < -0.39 is 0 Å². The highest BCUT2D eigenvalue weighted by Gasteiger charge is 2.24. The molecule has 0 aromatic heterocycles. The molecule has 0 aliphatic carbocycles. The summed E-state index contributed by atoms with van der Waals surface area (Å²) >= 11 is 0. The fraction of sp³-hybridized carbons (Fsp3) is 0.556. The molecule has 23 heavy (non-hydrogen) atoms. The van der Waals surface area contributed by atoms with Crippen LogP contribution < -0.4 is 5.73 Å². The van der Waals surface area contributed by atoms with Gasteiger partial charge in [-0.05, 0) is 43.5 Å². The van der Waals surface area contributed by atoms with Gasteiger partial charge in [0.05, 0.1) is 0 Å². The van der Waals surface area contributed by atoms with Gasteiger partial charge in [0.25, 0.3) is 5.91 Å². The number of benzene rings is 1. The highest BCUT2D eigenvalue weighted by atomic mass is 16.2. The van der Waals surface area contributed by atoms with Crippen LogP contribution in [0.1, 0.15) is 42.1 Å². The first-order valence-corrected chi connectivity index (χ1v) is 8.51. The highest BCUT2D eigenvalue weighted by Crippen LogP contribution is 2.12. The minimum absolute atomic E-state index is 0.0582. The minimum Gasteiger partial charge on any atom is -0.339 e. The summed E-state index contributed by atoms with van der Waals surface area (Å²) in [6.07, 6.45) is 3.26. The molecule has 0 atom stereocenters. The van der Waals surface area contributed by atoms with Crippen molar-refractivity contribution in [1.82, 2.24) is 9.80 Å². The number of amides is 2. The molecule has 1 saturated heterocycles. The lowest BCUT2D eigenvalue weighted by molar-refractivity contribution is -0.132. The van der Waals surface area contributed by atoms with Crippen molar-refractivity contribution >= 4 is 11.8 Å². The van der Waals surface area contributed by atoms with Gasteiger partial charge in [-0.1, -0.05) is 19.1 Å². The van der Waals surface area contributed by atoms with Gasteiger partial charge in [-0.25, -0.2) is 0 Å². The van der Waals surface area contributed by atoms with Crippen LogP contribution in [0.2, 0.25) is 0 Å². The molecule has 0 radical (unpaired) electrons. The van der Waals surface area contributed by atoms with E-state index in [1.165, 1.54) is 5.56 Å². The quantitative estimate of drug-likeness (QED) is 0.812.